The summed E-state index contributed by atoms with van der Waals surface area (Å²) in [5.41, 5.74) is 5.72. The van der Waals surface area contributed by atoms with Gasteiger partial charge in [0.05, 0.1) is 41.7 Å². The number of ether oxygens (including phenoxy) is 2. The molecule has 0 radical (unpaired) electrons. The molecule has 2 aromatic carbocycles. The quantitative estimate of drug-likeness (QED) is 0.162. The van der Waals surface area contributed by atoms with Crippen LogP contribution in [0.4, 0.5) is 5.13 Å². The van der Waals surface area contributed by atoms with E-state index in [0.717, 1.165) is 26.9 Å². The molecule has 1 amide bonds. The van der Waals surface area contributed by atoms with Gasteiger partial charge in [-0.2, -0.15) is 0 Å². The van der Waals surface area contributed by atoms with E-state index in [1.165, 1.54) is 30.5 Å². The van der Waals surface area contributed by atoms with Crippen LogP contribution in [-0.2, 0) is 9.59 Å². The van der Waals surface area contributed by atoms with Crippen LogP contribution in [0, 0.1) is 27.7 Å². The number of fused-ring (bicyclic) bond motifs is 2. The Morgan fingerprint density at radius 3 is 2.41 bits per heavy atom. The molecule has 0 bridgehead atoms. The van der Waals surface area contributed by atoms with E-state index in [1.807, 2.05) is 62.6 Å². The number of thiazole rings is 1. The minimum atomic E-state index is -0.984. The SMILES string of the molecule is COc1ccc(C2/C(=C(\O)c3nc4c(C)cccn4c3C)C(=O)C(=O)N2c2nc3c(C)cc(C)cc3s2)cc1OC. The molecule has 0 spiro atoms. The summed E-state index contributed by atoms with van der Waals surface area (Å²) >= 11 is 1.33. The third-order valence-corrected chi connectivity index (χ3v) is 8.50. The first kappa shape index (κ1) is 26.5. The van der Waals surface area contributed by atoms with Gasteiger partial charge in [0.15, 0.2) is 22.4 Å². The van der Waals surface area contributed by atoms with Crippen LogP contribution < -0.4 is 14.4 Å². The van der Waals surface area contributed by atoms with Crippen LogP contribution in [-0.4, -0.2) is 45.4 Å². The first-order valence-electron chi connectivity index (χ1n) is 13.0. The van der Waals surface area contributed by atoms with E-state index in [9.17, 15) is 14.7 Å². The van der Waals surface area contributed by atoms with Crippen LogP contribution in [0.25, 0.3) is 21.6 Å². The van der Waals surface area contributed by atoms with E-state index in [1.54, 1.807) is 18.2 Å². The molecular formula is C31H28N4O5S. The summed E-state index contributed by atoms with van der Waals surface area (Å²) in [5.74, 6) is -1.03. The third kappa shape index (κ3) is 4.05. The molecule has 1 saturated heterocycles. The fourth-order valence-corrected chi connectivity index (χ4v) is 6.67. The Morgan fingerprint density at radius 2 is 1.71 bits per heavy atom. The Kier molecular flexibility index (Phi) is 6.30. The van der Waals surface area contributed by atoms with Crippen molar-refractivity contribution in [1.29, 1.82) is 0 Å². The number of pyridine rings is 1. The number of benzene rings is 2. The minimum absolute atomic E-state index is 0.0708. The Balaban J connectivity index is 1.62. The molecule has 1 unspecified atom stereocenters. The molecule has 1 aliphatic rings. The molecule has 5 aromatic rings. The summed E-state index contributed by atoms with van der Waals surface area (Å²) < 4.78 is 13.7. The van der Waals surface area contributed by atoms with Gasteiger partial charge >= 0.3 is 5.91 Å². The molecule has 1 fully saturated rings. The van der Waals surface area contributed by atoms with Crippen molar-refractivity contribution >= 4 is 49.8 Å². The summed E-state index contributed by atoms with van der Waals surface area (Å²) in [6, 6.07) is 12.0. The summed E-state index contributed by atoms with van der Waals surface area (Å²) in [5, 5.41) is 12.1. The summed E-state index contributed by atoms with van der Waals surface area (Å²) in [6.07, 6.45) is 1.84. The molecule has 0 saturated carbocycles. The van der Waals surface area contributed by atoms with Crippen LogP contribution in [0.2, 0.25) is 0 Å². The van der Waals surface area contributed by atoms with Crippen LogP contribution in [0.15, 0.2) is 54.2 Å². The molecule has 9 nitrogen and oxygen atoms in total. The van der Waals surface area contributed by atoms with Crippen molar-refractivity contribution in [2.24, 2.45) is 0 Å². The number of hydrogen-bond acceptors (Lipinski definition) is 8. The Bertz CT molecular complexity index is 1940. The Morgan fingerprint density at radius 1 is 0.951 bits per heavy atom. The number of hydrogen-bond donors (Lipinski definition) is 1. The number of anilines is 1. The average molecular weight is 569 g/mol. The molecule has 4 heterocycles. The number of aliphatic hydroxyl groups is 1. The van der Waals surface area contributed by atoms with Gasteiger partial charge in [0.25, 0.3) is 5.78 Å². The van der Waals surface area contributed by atoms with E-state index in [2.05, 4.69) is 4.98 Å². The number of aliphatic hydroxyl groups excluding tert-OH is 1. The largest absolute Gasteiger partial charge is 0.505 e. The number of imidazole rings is 1. The highest BCUT2D eigenvalue weighted by Gasteiger charge is 2.49. The molecule has 1 N–H and O–H groups in total. The lowest BCUT2D eigenvalue weighted by atomic mass is 9.96. The number of ketones is 1. The maximum Gasteiger partial charge on any atom is 0.301 e. The zero-order valence-electron chi connectivity index (χ0n) is 23.5. The van der Waals surface area contributed by atoms with Gasteiger partial charge in [-0.05, 0) is 74.2 Å². The number of methoxy groups -OCH3 is 2. The van der Waals surface area contributed by atoms with Gasteiger partial charge in [-0.25, -0.2) is 9.97 Å². The van der Waals surface area contributed by atoms with E-state index in [0.29, 0.717) is 33.5 Å². The molecular weight excluding hydrogens is 540 g/mol. The number of carbonyl (C=O) groups excluding carboxylic acids is 2. The second-order valence-electron chi connectivity index (χ2n) is 10.1. The molecule has 10 heteroatoms. The molecule has 6 rings (SSSR count). The van der Waals surface area contributed by atoms with Crippen LogP contribution in [0.3, 0.4) is 0 Å². The van der Waals surface area contributed by atoms with Gasteiger partial charge in [-0.15, -0.1) is 0 Å². The standard InChI is InChI=1S/C31H28N4O5S/c1-15-12-17(3)24-22(13-15)41-31(33-24)35-26(19-9-10-20(39-5)21(14-19)40-6)23(28(37)30(35)38)27(36)25-18(4)34-11-7-8-16(2)29(34)32-25/h7-14,26,36H,1-6H3/b27-23+. The van der Waals surface area contributed by atoms with Crippen molar-refractivity contribution in [3.8, 4) is 11.5 Å². The van der Waals surface area contributed by atoms with Crippen molar-refractivity contribution < 1.29 is 24.2 Å². The Labute approximate surface area is 240 Å². The van der Waals surface area contributed by atoms with E-state index < -0.39 is 17.7 Å². The lowest BCUT2D eigenvalue weighted by Crippen LogP contribution is -2.29. The molecule has 1 atom stereocenters. The maximum atomic E-state index is 13.8. The van der Waals surface area contributed by atoms with Crippen molar-refractivity contribution in [1.82, 2.24) is 14.4 Å². The summed E-state index contributed by atoms with van der Waals surface area (Å²) in [6.45, 7) is 7.70. The zero-order valence-corrected chi connectivity index (χ0v) is 24.3. The smallest absolute Gasteiger partial charge is 0.301 e. The first-order chi connectivity index (χ1) is 19.6. The Hall–Kier alpha value is -4.70. The van der Waals surface area contributed by atoms with Crippen molar-refractivity contribution in [3.05, 3.63) is 87.9 Å². The van der Waals surface area contributed by atoms with E-state index >= 15 is 0 Å². The van der Waals surface area contributed by atoms with Crippen LogP contribution in [0.1, 0.15) is 39.7 Å². The number of nitrogens with zero attached hydrogens (tertiary/aromatic N) is 4. The van der Waals surface area contributed by atoms with Gasteiger partial charge in [-0.3, -0.25) is 14.5 Å². The fourth-order valence-electron chi connectivity index (χ4n) is 5.50. The summed E-state index contributed by atoms with van der Waals surface area (Å²) in [4.78, 5) is 38.4. The number of carbonyl (C=O) groups is 2. The molecule has 0 aliphatic carbocycles. The number of aromatic nitrogens is 3. The second-order valence-corrected chi connectivity index (χ2v) is 11.1. The van der Waals surface area contributed by atoms with Crippen LogP contribution >= 0.6 is 11.3 Å². The predicted octanol–water partition coefficient (Wildman–Crippen LogP) is 5.82. The topological polar surface area (TPSA) is 106 Å². The monoisotopic (exact) mass is 568 g/mol. The summed E-state index contributed by atoms with van der Waals surface area (Å²) in [7, 11) is 3.04. The highest BCUT2D eigenvalue weighted by atomic mass is 32.1. The fraction of sp³-hybridized carbons (Fsp3) is 0.226. The molecule has 3 aromatic heterocycles. The van der Waals surface area contributed by atoms with Crippen LogP contribution in [0.5, 0.6) is 11.5 Å². The van der Waals surface area contributed by atoms with Gasteiger partial charge < -0.3 is 19.0 Å². The minimum Gasteiger partial charge on any atom is -0.505 e. The van der Waals surface area contributed by atoms with Crippen molar-refractivity contribution in [3.63, 3.8) is 0 Å². The molecule has 208 valence electrons. The van der Waals surface area contributed by atoms with E-state index in [4.69, 9.17) is 14.5 Å². The normalized spacial score (nSPS) is 16.7. The number of amides is 1. The number of aryl methyl sites for hydroxylation is 4. The number of rotatable bonds is 5. The van der Waals surface area contributed by atoms with Gasteiger partial charge in [0, 0.05) is 6.20 Å². The molecule has 1 aliphatic heterocycles. The van der Waals surface area contributed by atoms with Gasteiger partial charge in [0.1, 0.15) is 11.3 Å². The highest BCUT2D eigenvalue weighted by molar-refractivity contribution is 7.22. The molecule has 41 heavy (non-hydrogen) atoms. The van der Waals surface area contributed by atoms with Gasteiger partial charge in [-0.1, -0.05) is 29.5 Å². The highest BCUT2D eigenvalue weighted by Crippen LogP contribution is 2.46. The van der Waals surface area contributed by atoms with Crippen molar-refractivity contribution in [2.45, 2.75) is 33.7 Å². The van der Waals surface area contributed by atoms with Gasteiger partial charge in [0.2, 0.25) is 0 Å². The number of Topliss-reactive ketones (excluding diaryl/α,β-unsaturated/α-hetero) is 1. The van der Waals surface area contributed by atoms with E-state index in [-0.39, 0.29) is 17.0 Å². The first-order valence-corrected chi connectivity index (χ1v) is 13.8. The predicted molar refractivity (Wildman–Crippen MR) is 158 cm³/mol. The average Bonchev–Trinajstić information content (AvgIpc) is 3.61. The zero-order chi connectivity index (χ0) is 29.2. The lowest BCUT2D eigenvalue weighted by Gasteiger charge is -2.23. The lowest BCUT2D eigenvalue weighted by molar-refractivity contribution is -0.132. The second kappa shape index (κ2) is 9.74. The third-order valence-electron chi connectivity index (χ3n) is 7.50. The maximum absolute atomic E-state index is 13.8. The van der Waals surface area contributed by atoms with Crippen molar-refractivity contribution in [2.75, 3.05) is 19.1 Å².